The number of nitrogens with zero attached hydrogens (tertiary/aromatic N) is 3. The van der Waals surface area contributed by atoms with Crippen molar-refractivity contribution < 1.29 is 0 Å². The van der Waals surface area contributed by atoms with Crippen LogP contribution in [-0.2, 0) is 0 Å². The largest absolute Gasteiger partial charge is 0.192 e. The van der Waals surface area contributed by atoms with E-state index in [2.05, 4.69) is 0 Å². The topological polar surface area (TPSA) is 71.4 Å². The molecule has 0 spiro atoms. The van der Waals surface area contributed by atoms with Crippen molar-refractivity contribution in [3.63, 3.8) is 0 Å². The van der Waals surface area contributed by atoms with E-state index in [4.69, 9.17) is 27.4 Å². The number of hydrogen-bond acceptors (Lipinski definition) is 3. The lowest BCUT2D eigenvalue weighted by atomic mass is 10.1. The van der Waals surface area contributed by atoms with Crippen molar-refractivity contribution >= 4 is 11.6 Å². The normalized spacial score (nSPS) is 8.15. The summed E-state index contributed by atoms with van der Waals surface area (Å²) in [5.74, 6) is 0. The molecule has 1 rings (SSSR count). The molecule has 3 nitrogen and oxygen atoms in total. The Balaban J connectivity index is 3.53. The summed E-state index contributed by atoms with van der Waals surface area (Å²) in [5, 5.41) is 25.9. The van der Waals surface area contributed by atoms with Crippen LogP contribution in [0, 0.1) is 34.0 Å². The minimum Gasteiger partial charge on any atom is -0.192 e. The zero-order valence-electron chi connectivity index (χ0n) is 6.37. The van der Waals surface area contributed by atoms with Crippen LogP contribution in [0.1, 0.15) is 16.7 Å². The summed E-state index contributed by atoms with van der Waals surface area (Å²) < 4.78 is 0. The molecular weight excluding hydrogens is 186 g/mol. The maximum absolute atomic E-state index is 8.61. The van der Waals surface area contributed by atoms with Gasteiger partial charge in [-0.3, -0.25) is 0 Å². The number of halogens is 1. The van der Waals surface area contributed by atoms with Crippen molar-refractivity contribution in [2.45, 2.75) is 0 Å². The van der Waals surface area contributed by atoms with E-state index >= 15 is 0 Å². The molecule has 0 unspecified atom stereocenters. The minimum atomic E-state index is 0.101. The molecule has 1 aromatic carbocycles. The fourth-order valence-electron chi connectivity index (χ4n) is 0.852. The van der Waals surface area contributed by atoms with Gasteiger partial charge in [0.25, 0.3) is 0 Å². The van der Waals surface area contributed by atoms with Crippen LogP contribution in [0.5, 0.6) is 0 Å². The average Bonchev–Trinajstić information content (AvgIpc) is 2.18. The molecular formula is C9H2ClN3. The van der Waals surface area contributed by atoms with Gasteiger partial charge in [0.1, 0.15) is 12.1 Å². The van der Waals surface area contributed by atoms with Gasteiger partial charge in [0.15, 0.2) is 0 Å². The lowest BCUT2D eigenvalue weighted by molar-refractivity contribution is 1.42. The Labute approximate surface area is 80.0 Å². The van der Waals surface area contributed by atoms with Gasteiger partial charge in [-0.1, -0.05) is 11.6 Å². The summed E-state index contributed by atoms with van der Waals surface area (Å²) in [6.45, 7) is 0. The van der Waals surface area contributed by atoms with Gasteiger partial charge in [0.2, 0.25) is 0 Å². The zero-order chi connectivity index (χ0) is 9.84. The van der Waals surface area contributed by atoms with Crippen LogP contribution in [0.3, 0.4) is 0 Å². The van der Waals surface area contributed by atoms with Crippen LogP contribution in [-0.4, -0.2) is 0 Å². The third-order valence-corrected chi connectivity index (χ3v) is 1.85. The molecule has 0 radical (unpaired) electrons. The van der Waals surface area contributed by atoms with Crippen molar-refractivity contribution in [1.29, 1.82) is 15.8 Å². The van der Waals surface area contributed by atoms with Gasteiger partial charge in [-0.15, -0.1) is 0 Å². The lowest BCUT2D eigenvalue weighted by Crippen LogP contribution is -1.86. The van der Waals surface area contributed by atoms with Crippen molar-refractivity contribution in [3.8, 4) is 18.2 Å². The van der Waals surface area contributed by atoms with E-state index in [0.717, 1.165) is 0 Å². The molecule has 0 saturated heterocycles. The predicted octanol–water partition coefficient (Wildman–Crippen LogP) is 1.96. The first-order valence-corrected chi connectivity index (χ1v) is 3.64. The number of rotatable bonds is 0. The highest BCUT2D eigenvalue weighted by atomic mass is 35.5. The van der Waals surface area contributed by atoms with Gasteiger partial charge < -0.3 is 0 Å². The Bertz CT molecular complexity index is 436. The second-order valence-electron chi connectivity index (χ2n) is 2.22. The summed E-state index contributed by atoms with van der Waals surface area (Å²) in [5.41, 5.74) is 0.562. The first kappa shape index (κ1) is 9.07. The highest BCUT2D eigenvalue weighted by Gasteiger charge is 2.07. The van der Waals surface area contributed by atoms with E-state index in [1.807, 2.05) is 18.2 Å². The van der Waals surface area contributed by atoms with Crippen LogP contribution < -0.4 is 0 Å². The SMILES string of the molecule is N#Cc1cc(C#N)c(Cl)c(C#N)c1. The van der Waals surface area contributed by atoms with Crippen molar-refractivity contribution in [1.82, 2.24) is 0 Å². The van der Waals surface area contributed by atoms with Gasteiger partial charge in [0, 0.05) is 0 Å². The van der Waals surface area contributed by atoms with Crippen LogP contribution in [0.4, 0.5) is 0 Å². The number of nitriles is 3. The highest BCUT2D eigenvalue weighted by molar-refractivity contribution is 6.32. The fraction of sp³-hybridized carbons (Fsp3) is 0. The fourth-order valence-corrected chi connectivity index (χ4v) is 1.05. The summed E-state index contributed by atoms with van der Waals surface area (Å²) in [7, 11) is 0. The van der Waals surface area contributed by atoms with E-state index in [0.29, 0.717) is 0 Å². The van der Waals surface area contributed by atoms with E-state index < -0.39 is 0 Å². The van der Waals surface area contributed by atoms with E-state index in [1.54, 1.807) is 0 Å². The van der Waals surface area contributed by atoms with Gasteiger partial charge in [-0.25, -0.2) is 0 Å². The summed E-state index contributed by atoms with van der Waals surface area (Å²) in [4.78, 5) is 0. The average molecular weight is 188 g/mol. The third kappa shape index (κ3) is 1.59. The molecule has 4 heteroatoms. The predicted molar refractivity (Wildman–Crippen MR) is 45.6 cm³/mol. The van der Waals surface area contributed by atoms with Crippen LogP contribution in [0.2, 0.25) is 5.02 Å². The summed E-state index contributed by atoms with van der Waals surface area (Å²) in [6, 6.07) is 8.16. The first-order chi connectivity index (χ1) is 6.22. The second kappa shape index (κ2) is 3.59. The van der Waals surface area contributed by atoms with Gasteiger partial charge in [-0.2, -0.15) is 15.8 Å². The van der Waals surface area contributed by atoms with Crippen LogP contribution in [0.25, 0.3) is 0 Å². The summed E-state index contributed by atoms with van der Waals surface area (Å²) >= 11 is 5.68. The minimum absolute atomic E-state index is 0.101. The van der Waals surface area contributed by atoms with Crippen molar-refractivity contribution in [2.75, 3.05) is 0 Å². The standard InChI is InChI=1S/C9H2ClN3/c10-9-7(4-12)1-6(3-11)2-8(9)5-13/h1-2H. The second-order valence-corrected chi connectivity index (χ2v) is 2.60. The lowest BCUT2D eigenvalue weighted by Gasteiger charge is -1.97. The molecule has 13 heavy (non-hydrogen) atoms. The zero-order valence-corrected chi connectivity index (χ0v) is 7.13. The summed E-state index contributed by atoms with van der Waals surface area (Å²) in [6.07, 6.45) is 0. The third-order valence-electron chi connectivity index (χ3n) is 1.44. The van der Waals surface area contributed by atoms with E-state index in [1.165, 1.54) is 12.1 Å². The molecule has 0 aromatic heterocycles. The molecule has 0 aliphatic heterocycles. The highest BCUT2D eigenvalue weighted by Crippen LogP contribution is 2.21. The Morgan fingerprint density at radius 3 is 1.69 bits per heavy atom. The molecule has 60 valence electrons. The molecule has 0 aliphatic carbocycles. The number of benzene rings is 1. The molecule has 0 fully saturated rings. The van der Waals surface area contributed by atoms with E-state index in [-0.39, 0.29) is 21.7 Å². The monoisotopic (exact) mass is 187 g/mol. The van der Waals surface area contributed by atoms with E-state index in [9.17, 15) is 0 Å². The Morgan fingerprint density at radius 1 is 0.923 bits per heavy atom. The quantitative estimate of drug-likeness (QED) is 0.623. The van der Waals surface area contributed by atoms with Crippen molar-refractivity contribution in [2.24, 2.45) is 0 Å². The molecule has 0 bridgehead atoms. The molecule has 0 heterocycles. The van der Waals surface area contributed by atoms with Crippen LogP contribution >= 0.6 is 11.6 Å². The molecule has 1 aromatic rings. The molecule has 0 aliphatic rings. The van der Waals surface area contributed by atoms with Gasteiger partial charge in [0.05, 0.1) is 27.8 Å². The Kier molecular flexibility index (Phi) is 2.50. The molecule has 0 atom stereocenters. The van der Waals surface area contributed by atoms with Gasteiger partial charge in [-0.05, 0) is 12.1 Å². The molecule has 0 saturated carbocycles. The smallest absolute Gasteiger partial charge is 0.101 e. The Hall–Kier alpha value is -2.02. The maximum atomic E-state index is 8.61. The molecule has 0 N–H and O–H groups in total. The number of hydrogen-bond donors (Lipinski definition) is 0. The first-order valence-electron chi connectivity index (χ1n) is 3.26. The molecule has 0 amide bonds. The van der Waals surface area contributed by atoms with Crippen molar-refractivity contribution in [3.05, 3.63) is 33.8 Å². The maximum Gasteiger partial charge on any atom is 0.101 e. The Morgan fingerprint density at radius 2 is 1.38 bits per heavy atom. The van der Waals surface area contributed by atoms with Gasteiger partial charge >= 0.3 is 0 Å². The van der Waals surface area contributed by atoms with Crippen LogP contribution in [0.15, 0.2) is 12.1 Å².